The number of aliphatic carboxylic acids is 2. The van der Waals surface area contributed by atoms with E-state index >= 15 is 0 Å². The molecule has 7 aromatic carbocycles. The largest absolute Gasteiger partial charge is 0.497 e. The van der Waals surface area contributed by atoms with Gasteiger partial charge in [-0.1, -0.05) is 48.5 Å². The summed E-state index contributed by atoms with van der Waals surface area (Å²) >= 11 is 0. The van der Waals surface area contributed by atoms with Crippen LogP contribution in [0.25, 0.3) is 51.7 Å². The first kappa shape index (κ1) is 81.3. The Hall–Kier alpha value is -13.2. The van der Waals surface area contributed by atoms with Gasteiger partial charge in [0.1, 0.15) is 40.3 Å². The molecule has 112 heavy (non-hydrogen) atoms. The molecule has 3 aliphatic rings. The number of furan rings is 2. The van der Waals surface area contributed by atoms with Crippen LogP contribution in [-0.2, 0) is 43.6 Å². The summed E-state index contributed by atoms with van der Waals surface area (Å²) in [6.07, 6.45) is 9.40. The molecule has 2 heterocycles. The fourth-order valence-electron chi connectivity index (χ4n) is 13.2. The van der Waals surface area contributed by atoms with Gasteiger partial charge in [-0.05, 0) is 242 Å². The summed E-state index contributed by atoms with van der Waals surface area (Å²) in [7, 11) is 10.2. The molecular formula is C86H85BFN3O21. The normalized spacial score (nSPS) is 13.4. The Kier molecular flexibility index (Phi) is 27.4. The van der Waals surface area contributed by atoms with Gasteiger partial charge in [-0.3, -0.25) is 14.4 Å². The Morgan fingerprint density at radius 3 is 1.09 bits per heavy atom. The second-order valence-corrected chi connectivity index (χ2v) is 25.6. The summed E-state index contributed by atoms with van der Waals surface area (Å²) in [4.78, 5) is 60.5. The molecule has 0 saturated carbocycles. The van der Waals surface area contributed by atoms with Crippen LogP contribution in [0.2, 0.25) is 0 Å². The van der Waals surface area contributed by atoms with E-state index in [4.69, 9.17) is 66.4 Å². The molecule has 0 bridgehead atoms. The third-order valence-electron chi connectivity index (χ3n) is 18.7. The summed E-state index contributed by atoms with van der Waals surface area (Å²) in [6.45, 7) is 5.80. The highest BCUT2D eigenvalue weighted by molar-refractivity contribution is 6.61. The fourth-order valence-corrected chi connectivity index (χ4v) is 13.2. The van der Waals surface area contributed by atoms with Crippen molar-refractivity contribution in [1.82, 2.24) is 16.0 Å². The summed E-state index contributed by atoms with van der Waals surface area (Å²) < 4.78 is 79.0. The number of nitrogens with one attached hydrogen (secondary N) is 3. The van der Waals surface area contributed by atoms with E-state index in [1.807, 2.05) is 112 Å². The van der Waals surface area contributed by atoms with Gasteiger partial charge in [0.25, 0.3) is 0 Å². The average molecular weight is 1530 g/mol. The van der Waals surface area contributed by atoms with Crippen molar-refractivity contribution in [2.45, 2.75) is 59.7 Å². The van der Waals surface area contributed by atoms with E-state index in [9.17, 15) is 38.4 Å². The van der Waals surface area contributed by atoms with Crippen LogP contribution in [0.15, 0.2) is 184 Å². The number of carbonyl (C=O) groups excluding carboxylic acids is 3. The van der Waals surface area contributed by atoms with Crippen molar-refractivity contribution in [2.24, 2.45) is 0 Å². The van der Waals surface area contributed by atoms with Gasteiger partial charge < -0.3 is 92.4 Å². The van der Waals surface area contributed by atoms with Gasteiger partial charge in [0, 0.05) is 6.54 Å². The van der Waals surface area contributed by atoms with Gasteiger partial charge in [-0.25, -0.2) is 14.0 Å². The molecule has 0 fully saturated rings. The lowest BCUT2D eigenvalue weighted by molar-refractivity contribution is -0.140. The highest BCUT2D eigenvalue weighted by atomic mass is 19.1. The first-order valence-electron chi connectivity index (χ1n) is 35.2. The van der Waals surface area contributed by atoms with Gasteiger partial charge in [-0.15, -0.1) is 0 Å². The molecule has 7 N–H and O–H groups in total. The van der Waals surface area contributed by atoms with E-state index in [1.165, 1.54) is 61.1 Å². The van der Waals surface area contributed by atoms with Crippen LogP contribution >= 0.6 is 0 Å². The van der Waals surface area contributed by atoms with Crippen LogP contribution in [0.5, 0.6) is 57.5 Å². The second-order valence-electron chi connectivity index (χ2n) is 25.6. The number of halogens is 1. The number of hydrogen-bond donors (Lipinski definition) is 7. The summed E-state index contributed by atoms with van der Waals surface area (Å²) in [6, 6.07) is 43.3. The van der Waals surface area contributed by atoms with Gasteiger partial charge in [0.2, 0.25) is 29.2 Å². The van der Waals surface area contributed by atoms with E-state index in [2.05, 4.69) is 16.0 Å². The number of carboxylic acids is 2. The van der Waals surface area contributed by atoms with Crippen LogP contribution < -0.4 is 68.8 Å². The molecule has 0 aliphatic heterocycles. The van der Waals surface area contributed by atoms with Gasteiger partial charge in [0.05, 0.1) is 107 Å². The van der Waals surface area contributed by atoms with Crippen molar-refractivity contribution in [2.75, 3.05) is 70.1 Å². The molecule has 3 aliphatic carbocycles. The predicted molar refractivity (Wildman–Crippen MR) is 422 cm³/mol. The second kappa shape index (κ2) is 37.8. The van der Waals surface area contributed by atoms with Crippen molar-refractivity contribution in [3.8, 4) is 57.5 Å². The highest BCUT2D eigenvalue weighted by Gasteiger charge is 2.31. The number of amides is 3. The third kappa shape index (κ3) is 19.6. The Balaban J connectivity index is 0.000000178. The average Bonchev–Trinajstić information content (AvgIpc) is 1.62. The van der Waals surface area contributed by atoms with Gasteiger partial charge in [-0.2, -0.15) is 0 Å². The quantitative estimate of drug-likeness (QED) is 0.0206. The smallest absolute Gasteiger partial charge is 0.496 e. The van der Waals surface area contributed by atoms with Crippen molar-refractivity contribution in [3.63, 3.8) is 0 Å². The minimum Gasteiger partial charge on any atom is -0.497 e. The molecule has 0 atom stereocenters. The molecule has 12 rings (SSSR count). The molecule has 580 valence electrons. The monoisotopic (exact) mass is 1530 g/mol. The SMILES string of the molecule is COc1cc(/C=C2/C(C)=C(CC(=O)NCc3ccco3)c3cc(F)ccc32)cc(OC)c1OCC(=O)O.COc1ccc2c(c1)C(CC(=O)NCc1ccccc1)=C(C)/C2=C/c1cc(OC)c(B(O)O)c(OC)c1.COc1ccc2c(c1)C(CC(=O)NCc1ccco1)=C(C)/C2=C/c1cc(OC)c(OCC(=O)O)c(OC)c1. The van der Waals surface area contributed by atoms with Crippen LogP contribution in [-0.4, -0.2) is 127 Å². The number of ether oxygens (including phenoxy) is 10. The minimum atomic E-state index is -1.74. The predicted octanol–water partition coefficient (Wildman–Crippen LogP) is 13.2. The Morgan fingerprint density at radius 2 is 0.759 bits per heavy atom. The van der Waals surface area contributed by atoms with Crippen molar-refractivity contribution in [3.05, 3.63) is 248 Å². The van der Waals surface area contributed by atoms with Crippen molar-refractivity contribution >= 4 is 93.9 Å². The van der Waals surface area contributed by atoms with Crippen molar-refractivity contribution in [1.29, 1.82) is 0 Å². The van der Waals surface area contributed by atoms with Crippen LogP contribution in [0.3, 0.4) is 0 Å². The molecule has 0 unspecified atom stereocenters. The third-order valence-corrected chi connectivity index (χ3v) is 18.7. The topological polar surface area (TPSA) is 321 Å². The first-order chi connectivity index (χ1) is 54.0. The van der Waals surface area contributed by atoms with E-state index in [0.29, 0.717) is 81.7 Å². The number of carboxylic acid groups (broad SMARTS) is 2. The molecule has 3 amide bonds. The number of fused-ring (bicyclic) bond motifs is 3. The maximum Gasteiger partial charge on any atom is 0.496 e. The molecule has 2 aromatic heterocycles. The van der Waals surface area contributed by atoms with Crippen LogP contribution in [0.4, 0.5) is 4.39 Å². The number of benzene rings is 7. The van der Waals surface area contributed by atoms with E-state index in [1.54, 1.807) is 81.1 Å². The first-order valence-corrected chi connectivity index (χ1v) is 35.2. The molecule has 26 heteroatoms. The lowest BCUT2D eigenvalue weighted by Crippen LogP contribution is -2.32. The zero-order chi connectivity index (χ0) is 80.3. The highest BCUT2D eigenvalue weighted by Crippen LogP contribution is 2.50. The van der Waals surface area contributed by atoms with E-state index < -0.39 is 38.1 Å². The zero-order valence-corrected chi connectivity index (χ0v) is 63.6. The summed E-state index contributed by atoms with van der Waals surface area (Å²) in [5, 5.41) is 46.3. The maximum absolute atomic E-state index is 14.2. The number of rotatable bonds is 30. The number of allylic oxidation sites excluding steroid dienone is 6. The summed E-state index contributed by atoms with van der Waals surface area (Å²) in [5.41, 5.74) is 16.6. The van der Waals surface area contributed by atoms with E-state index in [-0.39, 0.29) is 60.5 Å². The van der Waals surface area contributed by atoms with Crippen molar-refractivity contribution < 1.29 is 105 Å². The Bertz CT molecular complexity index is 5100. The number of carbonyl (C=O) groups is 5. The van der Waals surface area contributed by atoms with Crippen LogP contribution in [0, 0.1) is 5.82 Å². The summed E-state index contributed by atoms with van der Waals surface area (Å²) in [5.74, 6) is 1.90. The maximum atomic E-state index is 14.2. The lowest BCUT2D eigenvalue weighted by atomic mass is 9.78. The molecule has 9 aromatic rings. The van der Waals surface area contributed by atoms with E-state index in [0.717, 1.165) is 94.7 Å². The number of methoxy groups -OCH3 is 8. The zero-order valence-electron chi connectivity index (χ0n) is 63.6. The molecular weight excluding hydrogens is 1440 g/mol. The van der Waals surface area contributed by atoms with Gasteiger partial charge in [0.15, 0.2) is 36.2 Å². The van der Waals surface area contributed by atoms with Gasteiger partial charge >= 0.3 is 19.1 Å². The Morgan fingerprint density at radius 1 is 0.411 bits per heavy atom. The standard InChI is InChI=1S/C29H30BNO6.C29H29NO8.C28H26FNO7/c1-18-23(12-20-13-26(36-3)29(30(33)34)27(14-20)37-4)22-11-10-21(35-2)15-25(22)24(18)16-28(32)31-17-19-8-6-5-7-9-19;1-17-22(10-18-11-25(35-3)29(26(12-18)36-4)38-16-28(32)33)21-8-7-19(34-2)13-24(21)23(17)14-27(31)30-15-20-6-5-9-37-20;1-16-21(9-17-10-24(34-2)28(25(11-17)35-3)37-15-27(32)33)20-7-6-18(29)12-23(20)22(16)13-26(31)30-14-19-5-4-8-36-19/h5-15,33-34H,16-17H2,1-4H3,(H,31,32);5-13H,14-16H2,1-4H3,(H,30,31)(H,32,33);4-12H,13-15H2,1-3H3,(H,30,31)(H,32,33)/b23-12-;22-10-;21-9-. The minimum absolute atomic E-state index is 0.0644. The molecule has 24 nitrogen and oxygen atoms in total. The lowest BCUT2D eigenvalue weighted by Gasteiger charge is -2.15. The number of hydrogen-bond acceptors (Lipinski definition) is 19. The molecule has 0 spiro atoms. The Labute approximate surface area is 646 Å². The molecule has 0 saturated heterocycles. The molecule has 0 radical (unpaired) electrons. The van der Waals surface area contributed by atoms with Crippen LogP contribution in [0.1, 0.15) is 107 Å². The fraction of sp³-hybridized carbons (Fsp3) is 0.221.